The lowest BCUT2D eigenvalue weighted by Crippen LogP contribution is -2.55. The number of ether oxygens (including phenoxy) is 2. The van der Waals surface area contributed by atoms with E-state index in [2.05, 4.69) is 10.3 Å². The molecule has 0 aliphatic carbocycles. The minimum Gasteiger partial charge on any atom is -0.472 e. The number of carbonyl (C=O) groups is 2. The molecule has 0 aromatic carbocycles. The van der Waals surface area contributed by atoms with Crippen molar-refractivity contribution in [3.63, 3.8) is 0 Å². The highest BCUT2D eigenvalue weighted by atomic mass is 16.6. The average molecular weight is 364 g/mol. The topological polar surface area (TPSA) is 124 Å². The maximum absolute atomic E-state index is 12.7. The second kappa shape index (κ2) is 6.87. The molecule has 26 heavy (non-hydrogen) atoms. The third kappa shape index (κ3) is 3.59. The third-order valence-corrected chi connectivity index (χ3v) is 4.25. The second-order valence-electron chi connectivity index (χ2n) is 6.69. The van der Waals surface area contributed by atoms with E-state index in [1.54, 1.807) is 13.8 Å². The van der Waals surface area contributed by atoms with Crippen LogP contribution in [0.25, 0.3) is 0 Å². The number of amides is 2. The lowest BCUT2D eigenvalue weighted by atomic mass is 10.1. The Balaban J connectivity index is 1.79. The normalized spacial score (nSPS) is 21.1. The maximum atomic E-state index is 12.7. The average Bonchev–Trinajstić information content (AvgIpc) is 3.10. The fourth-order valence-corrected chi connectivity index (χ4v) is 2.92. The molecule has 2 amide bonds. The minimum absolute atomic E-state index is 0.0257. The zero-order valence-electron chi connectivity index (χ0n) is 14.6. The number of hydrogen-bond acceptors (Lipinski definition) is 7. The summed E-state index contributed by atoms with van der Waals surface area (Å²) in [5.74, 6) is -1.14. The first-order valence-electron chi connectivity index (χ1n) is 8.32. The molecule has 3 rings (SSSR count). The largest absolute Gasteiger partial charge is 0.472 e. The molecule has 0 radical (unpaired) electrons. The van der Waals surface area contributed by atoms with Crippen LogP contribution in [0.15, 0.2) is 12.1 Å². The monoisotopic (exact) mass is 364 g/mol. The summed E-state index contributed by atoms with van der Waals surface area (Å²) < 4.78 is 11.0. The summed E-state index contributed by atoms with van der Waals surface area (Å²) >= 11 is 0. The first kappa shape index (κ1) is 18.1. The highest BCUT2D eigenvalue weighted by molar-refractivity contribution is 6.05. The Kier molecular flexibility index (Phi) is 4.77. The van der Waals surface area contributed by atoms with Gasteiger partial charge in [0.2, 0.25) is 5.91 Å². The molecule has 10 nitrogen and oxygen atoms in total. The number of nitrogens with zero attached hydrogens (tertiary/aromatic N) is 3. The third-order valence-electron chi connectivity index (χ3n) is 4.25. The highest BCUT2D eigenvalue weighted by Crippen LogP contribution is 2.37. The number of nitrogens with one attached hydrogen (secondary N) is 1. The molecular weight excluding hydrogens is 344 g/mol. The van der Waals surface area contributed by atoms with Crippen molar-refractivity contribution >= 4 is 23.5 Å². The Morgan fingerprint density at radius 2 is 2.27 bits per heavy atom. The van der Waals surface area contributed by atoms with E-state index in [0.717, 1.165) is 17.7 Å². The molecule has 2 aliphatic heterocycles. The Labute approximate surface area is 149 Å². The summed E-state index contributed by atoms with van der Waals surface area (Å²) in [7, 11) is 0. The van der Waals surface area contributed by atoms with Crippen LogP contribution < -0.4 is 15.0 Å². The first-order chi connectivity index (χ1) is 12.3. The van der Waals surface area contributed by atoms with Gasteiger partial charge >= 0.3 is 5.82 Å². The van der Waals surface area contributed by atoms with Crippen molar-refractivity contribution in [3.8, 4) is 5.75 Å². The van der Waals surface area contributed by atoms with E-state index in [-0.39, 0.29) is 24.2 Å². The number of anilines is 1. The Bertz CT molecular complexity index is 744. The lowest BCUT2D eigenvalue weighted by molar-refractivity contribution is -0.389. The van der Waals surface area contributed by atoms with E-state index in [9.17, 15) is 19.7 Å². The van der Waals surface area contributed by atoms with Gasteiger partial charge in [-0.3, -0.25) is 14.5 Å². The molecule has 2 aliphatic rings. The van der Waals surface area contributed by atoms with Crippen LogP contribution >= 0.6 is 0 Å². The van der Waals surface area contributed by atoms with Gasteiger partial charge in [0.15, 0.2) is 11.4 Å². The minimum atomic E-state index is -1.21. The molecule has 0 bridgehead atoms. The van der Waals surface area contributed by atoms with Gasteiger partial charge in [-0.25, -0.2) is 0 Å². The Hall–Kier alpha value is -2.75. The molecule has 1 aromatic rings. The van der Waals surface area contributed by atoms with Gasteiger partial charge in [-0.2, -0.15) is 0 Å². The number of nitro groups is 1. The predicted molar refractivity (Wildman–Crippen MR) is 89.9 cm³/mol. The van der Waals surface area contributed by atoms with Crippen molar-refractivity contribution in [3.05, 3.63) is 22.2 Å². The van der Waals surface area contributed by atoms with E-state index < -0.39 is 28.2 Å². The molecule has 140 valence electrons. The van der Waals surface area contributed by atoms with Crippen LogP contribution in [0, 0.1) is 10.1 Å². The Morgan fingerprint density at radius 3 is 2.92 bits per heavy atom. The van der Waals surface area contributed by atoms with Gasteiger partial charge in [0.05, 0.1) is 6.10 Å². The summed E-state index contributed by atoms with van der Waals surface area (Å²) in [5, 5.41) is 13.7. The number of fused-ring (bicyclic) bond motifs is 1. The molecule has 0 saturated carbocycles. The Morgan fingerprint density at radius 1 is 1.50 bits per heavy atom. The fourth-order valence-electron chi connectivity index (χ4n) is 2.92. The van der Waals surface area contributed by atoms with Crippen molar-refractivity contribution in [2.45, 2.75) is 38.4 Å². The van der Waals surface area contributed by atoms with Crippen LogP contribution in [-0.4, -0.2) is 53.1 Å². The molecule has 3 heterocycles. The molecule has 0 spiro atoms. The lowest BCUT2D eigenvalue weighted by Gasteiger charge is -2.35. The second-order valence-corrected chi connectivity index (χ2v) is 6.69. The summed E-state index contributed by atoms with van der Waals surface area (Å²) in [6.07, 6.45) is 1.81. The van der Waals surface area contributed by atoms with Crippen LogP contribution in [0.5, 0.6) is 5.75 Å². The molecular formula is C16H20N4O6. The number of rotatable bonds is 5. The van der Waals surface area contributed by atoms with Crippen LogP contribution in [0.4, 0.5) is 11.6 Å². The van der Waals surface area contributed by atoms with Gasteiger partial charge in [0.25, 0.3) is 11.7 Å². The quantitative estimate of drug-likeness (QED) is 0.605. The summed E-state index contributed by atoms with van der Waals surface area (Å²) in [5.41, 5.74) is -1.21. The molecule has 1 fully saturated rings. The number of hydrogen-bond donors (Lipinski definition) is 1. The number of aromatic nitrogens is 1. The van der Waals surface area contributed by atoms with E-state index >= 15 is 0 Å². The van der Waals surface area contributed by atoms with Gasteiger partial charge in [-0.1, -0.05) is 0 Å². The first-order valence-corrected chi connectivity index (χ1v) is 8.32. The van der Waals surface area contributed by atoms with Crippen LogP contribution in [0.2, 0.25) is 0 Å². The van der Waals surface area contributed by atoms with Crippen molar-refractivity contribution < 1.29 is 24.0 Å². The maximum Gasteiger partial charge on any atom is 0.366 e. The number of pyridine rings is 1. The van der Waals surface area contributed by atoms with Crippen LogP contribution in [-0.2, 0) is 14.3 Å². The molecule has 1 N–H and O–H groups in total. The smallest absolute Gasteiger partial charge is 0.366 e. The zero-order chi connectivity index (χ0) is 18.9. The van der Waals surface area contributed by atoms with Crippen LogP contribution in [0.1, 0.15) is 26.7 Å². The summed E-state index contributed by atoms with van der Waals surface area (Å²) in [6, 6.07) is 2.58. The van der Waals surface area contributed by atoms with Crippen molar-refractivity contribution in [2.24, 2.45) is 0 Å². The van der Waals surface area contributed by atoms with E-state index in [4.69, 9.17) is 9.47 Å². The van der Waals surface area contributed by atoms with E-state index in [1.807, 2.05) is 0 Å². The van der Waals surface area contributed by atoms with Gasteiger partial charge in [-0.05, 0) is 42.7 Å². The van der Waals surface area contributed by atoms with E-state index in [1.165, 1.54) is 12.1 Å². The number of carbonyl (C=O) groups excluding carboxylic acids is 2. The van der Waals surface area contributed by atoms with Gasteiger partial charge in [0.1, 0.15) is 6.54 Å². The van der Waals surface area contributed by atoms with Crippen molar-refractivity contribution in [1.82, 2.24) is 10.3 Å². The van der Waals surface area contributed by atoms with Crippen LogP contribution in [0.3, 0.4) is 0 Å². The zero-order valence-corrected chi connectivity index (χ0v) is 14.6. The SMILES string of the molecule is CC1(C)Oc2ccc([N+](=O)[O-])nc2N(CC(=O)NCC2CCCO2)C1=O. The van der Waals surface area contributed by atoms with Gasteiger partial charge in [-0.15, -0.1) is 0 Å². The highest BCUT2D eigenvalue weighted by Gasteiger charge is 2.45. The summed E-state index contributed by atoms with van der Waals surface area (Å²) in [4.78, 5) is 40.3. The summed E-state index contributed by atoms with van der Waals surface area (Å²) in [6.45, 7) is 3.86. The van der Waals surface area contributed by atoms with Crippen molar-refractivity contribution in [1.29, 1.82) is 0 Å². The molecule has 10 heteroatoms. The molecule has 1 aromatic heterocycles. The van der Waals surface area contributed by atoms with Gasteiger partial charge in [0, 0.05) is 19.2 Å². The molecule has 1 atom stereocenters. The van der Waals surface area contributed by atoms with Crippen molar-refractivity contribution in [2.75, 3.05) is 24.6 Å². The molecule has 1 saturated heterocycles. The molecule has 1 unspecified atom stereocenters. The van der Waals surface area contributed by atoms with E-state index in [0.29, 0.717) is 13.2 Å². The van der Waals surface area contributed by atoms with Gasteiger partial charge < -0.3 is 24.9 Å². The predicted octanol–water partition coefficient (Wildman–Crippen LogP) is 0.789. The fraction of sp³-hybridized carbons (Fsp3) is 0.562. The standard InChI is InChI=1S/C16H20N4O6/c1-16(2)15(22)19(9-13(21)17-8-10-4-3-7-25-10)14-11(26-16)5-6-12(18-14)20(23)24/h5-6,10H,3-4,7-9H2,1-2H3,(H,17,21).